The Bertz CT molecular complexity index is 863. The standard InChI is InChI=1S/C20H25N5O/c1-2-6-15-12-18(24-23-15)20(26)25-10-5-7-14(13-25)11-19-21-16-8-3-4-9-17(16)22-19/h3-4,8-9,12,14H,2,5-7,10-11,13H2,1H3,(H,21,22)(H,23,24)/t14-/m0/s1. The highest BCUT2D eigenvalue weighted by Crippen LogP contribution is 2.22. The lowest BCUT2D eigenvalue weighted by molar-refractivity contribution is 0.0666. The van der Waals surface area contributed by atoms with E-state index in [0.29, 0.717) is 11.6 Å². The molecule has 1 atom stereocenters. The molecule has 0 radical (unpaired) electrons. The van der Waals surface area contributed by atoms with Gasteiger partial charge in [-0.3, -0.25) is 9.89 Å². The van der Waals surface area contributed by atoms with E-state index in [9.17, 15) is 4.79 Å². The topological polar surface area (TPSA) is 77.7 Å². The number of amides is 1. The van der Waals surface area contributed by atoms with E-state index in [0.717, 1.165) is 67.7 Å². The van der Waals surface area contributed by atoms with Crippen LogP contribution in [0.25, 0.3) is 11.0 Å². The summed E-state index contributed by atoms with van der Waals surface area (Å²) in [6, 6.07) is 9.99. The van der Waals surface area contributed by atoms with Gasteiger partial charge in [-0.15, -0.1) is 0 Å². The van der Waals surface area contributed by atoms with Crippen LogP contribution >= 0.6 is 0 Å². The van der Waals surface area contributed by atoms with Gasteiger partial charge in [-0.05, 0) is 43.4 Å². The van der Waals surface area contributed by atoms with Crippen LogP contribution in [0.15, 0.2) is 30.3 Å². The van der Waals surface area contributed by atoms with Gasteiger partial charge in [0.15, 0.2) is 0 Å². The van der Waals surface area contributed by atoms with Crippen LogP contribution in [-0.2, 0) is 12.8 Å². The molecule has 6 heteroatoms. The van der Waals surface area contributed by atoms with E-state index in [2.05, 4.69) is 27.1 Å². The SMILES string of the molecule is CCCc1cc(C(=O)N2CCC[C@@H](Cc3nc4ccccc4[nH]3)C2)n[nH]1. The number of hydrogen-bond donors (Lipinski definition) is 2. The van der Waals surface area contributed by atoms with Gasteiger partial charge < -0.3 is 9.88 Å². The third kappa shape index (κ3) is 3.49. The number of rotatable bonds is 5. The zero-order chi connectivity index (χ0) is 17.9. The van der Waals surface area contributed by atoms with Gasteiger partial charge in [-0.25, -0.2) is 4.98 Å². The molecule has 0 bridgehead atoms. The number of nitrogens with one attached hydrogen (secondary N) is 2. The molecule has 6 nitrogen and oxygen atoms in total. The quantitative estimate of drug-likeness (QED) is 0.740. The summed E-state index contributed by atoms with van der Waals surface area (Å²) >= 11 is 0. The number of likely N-dealkylation sites (tertiary alicyclic amines) is 1. The van der Waals surface area contributed by atoms with E-state index in [-0.39, 0.29) is 5.91 Å². The van der Waals surface area contributed by atoms with Gasteiger partial charge in [0.1, 0.15) is 11.5 Å². The Balaban J connectivity index is 1.42. The Kier molecular flexibility index (Phi) is 4.73. The van der Waals surface area contributed by atoms with Crippen LogP contribution in [0.3, 0.4) is 0 Å². The molecular formula is C20H25N5O. The van der Waals surface area contributed by atoms with Crippen LogP contribution in [-0.4, -0.2) is 44.1 Å². The van der Waals surface area contributed by atoms with Gasteiger partial charge in [0, 0.05) is 25.2 Å². The molecule has 4 rings (SSSR count). The summed E-state index contributed by atoms with van der Waals surface area (Å²) < 4.78 is 0. The molecule has 136 valence electrons. The number of aromatic amines is 2. The minimum Gasteiger partial charge on any atom is -0.342 e. The number of carbonyl (C=O) groups is 1. The second-order valence-corrected chi connectivity index (χ2v) is 7.19. The third-order valence-electron chi connectivity index (χ3n) is 5.10. The number of benzene rings is 1. The maximum absolute atomic E-state index is 12.8. The number of nitrogens with zero attached hydrogens (tertiary/aromatic N) is 3. The molecule has 0 saturated carbocycles. The number of aryl methyl sites for hydroxylation is 1. The number of H-pyrrole nitrogens is 2. The molecule has 3 heterocycles. The molecule has 1 aliphatic rings. The highest BCUT2D eigenvalue weighted by molar-refractivity contribution is 5.92. The molecule has 1 aliphatic heterocycles. The summed E-state index contributed by atoms with van der Waals surface area (Å²) in [5.74, 6) is 1.48. The Labute approximate surface area is 153 Å². The first-order valence-corrected chi connectivity index (χ1v) is 9.50. The van der Waals surface area contributed by atoms with Crippen molar-refractivity contribution in [3.8, 4) is 0 Å². The van der Waals surface area contributed by atoms with Crippen molar-refractivity contribution in [3.05, 3.63) is 47.5 Å². The summed E-state index contributed by atoms with van der Waals surface area (Å²) in [5.41, 5.74) is 3.65. The molecule has 1 aromatic carbocycles. The molecular weight excluding hydrogens is 326 g/mol. The Morgan fingerprint density at radius 3 is 3.08 bits per heavy atom. The third-order valence-corrected chi connectivity index (χ3v) is 5.10. The maximum Gasteiger partial charge on any atom is 0.274 e. The highest BCUT2D eigenvalue weighted by Gasteiger charge is 2.26. The summed E-state index contributed by atoms with van der Waals surface area (Å²) in [5, 5.41) is 7.19. The summed E-state index contributed by atoms with van der Waals surface area (Å²) in [7, 11) is 0. The van der Waals surface area contributed by atoms with E-state index in [1.807, 2.05) is 35.2 Å². The van der Waals surface area contributed by atoms with Crippen molar-refractivity contribution in [1.29, 1.82) is 0 Å². The average Bonchev–Trinajstić information content (AvgIpc) is 3.28. The fraction of sp³-hybridized carbons (Fsp3) is 0.450. The average molecular weight is 351 g/mol. The van der Waals surface area contributed by atoms with Crippen LogP contribution in [0.5, 0.6) is 0 Å². The summed E-state index contributed by atoms with van der Waals surface area (Å²) in [4.78, 5) is 22.8. The summed E-state index contributed by atoms with van der Waals surface area (Å²) in [6.07, 6.45) is 5.00. The molecule has 3 aromatic rings. The van der Waals surface area contributed by atoms with E-state index < -0.39 is 0 Å². The van der Waals surface area contributed by atoms with Crippen molar-refractivity contribution in [1.82, 2.24) is 25.1 Å². The Morgan fingerprint density at radius 1 is 1.35 bits per heavy atom. The number of carbonyl (C=O) groups excluding carboxylic acids is 1. The van der Waals surface area contributed by atoms with Crippen LogP contribution in [0.1, 0.15) is 48.2 Å². The highest BCUT2D eigenvalue weighted by atomic mass is 16.2. The second kappa shape index (κ2) is 7.32. The summed E-state index contributed by atoms with van der Waals surface area (Å²) in [6.45, 7) is 3.70. The van der Waals surface area contributed by atoms with Crippen LogP contribution in [0.4, 0.5) is 0 Å². The Hall–Kier alpha value is -2.63. The van der Waals surface area contributed by atoms with Crippen molar-refractivity contribution in [3.63, 3.8) is 0 Å². The lowest BCUT2D eigenvalue weighted by atomic mass is 9.94. The Morgan fingerprint density at radius 2 is 2.23 bits per heavy atom. The molecule has 1 amide bonds. The van der Waals surface area contributed by atoms with Crippen molar-refractivity contribution in [2.24, 2.45) is 5.92 Å². The van der Waals surface area contributed by atoms with E-state index >= 15 is 0 Å². The van der Waals surface area contributed by atoms with Crippen molar-refractivity contribution >= 4 is 16.9 Å². The van der Waals surface area contributed by atoms with E-state index in [4.69, 9.17) is 0 Å². The lowest BCUT2D eigenvalue weighted by Gasteiger charge is -2.32. The maximum atomic E-state index is 12.8. The second-order valence-electron chi connectivity index (χ2n) is 7.19. The number of fused-ring (bicyclic) bond motifs is 1. The smallest absolute Gasteiger partial charge is 0.274 e. The lowest BCUT2D eigenvalue weighted by Crippen LogP contribution is -2.40. The van der Waals surface area contributed by atoms with Crippen LogP contribution < -0.4 is 0 Å². The largest absolute Gasteiger partial charge is 0.342 e. The zero-order valence-electron chi connectivity index (χ0n) is 15.2. The fourth-order valence-electron chi connectivity index (χ4n) is 3.82. The first kappa shape index (κ1) is 16.8. The molecule has 2 N–H and O–H groups in total. The van der Waals surface area contributed by atoms with E-state index in [1.54, 1.807) is 0 Å². The molecule has 0 unspecified atom stereocenters. The number of imidazole rings is 1. The van der Waals surface area contributed by atoms with E-state index in [1.165, 1.54) is 0 Å². The molecule has 0 aliphatic carbocycles. The fourth-order valence-corrected chi connectivity index (χ4v) is 3.82. The van der Waals surface area contributed by atoms with Gasteiger partial charge in [0.2, 0.25) is 0 Å². The zero-order valence-corrected chi connectivity index (χ0v) is 15.2. The number of hydrogen-bond acceptors (Lipinski definition) is 3. The van der Waals surface area contributed by atoms with Gasteiger partial charge in [0.05, 0.1) is 11.0 Å². The van der Waals surface area contributed by atoms with Gasteiger partial charge in [-0.1, -0.05) is 25.5 Å². The first-order valence-electron chi connectivity index (χ1n) is 9.50. The minimum atomic E-state index is 0.0397. The van der Waals surface area contributed by atoms with Crippen LogP contribution in [0, 0.1) is 5.92 Å². The predicted octanol–water partition coefficient (Wildman–Crippen LogP) is 3.33. The monoisotopic (exact) mass is 351 g/mol. The number of piperidine rings is 1. The van der Waals surface area contributed by atoms with Crippen molar-refractivity contribution in [2.75, 3.05) is 13.1 Å². The van der Waals surface area contributed by atoms with Crippen molar-refractivity contribution < 1.29 is 4.79 Å². The van der Waals surface area contributed by atoms with Crippen LogP contribution in [0.2, 0.25) is 0 Å². The van der Waals surface area contributed by atoms with Gasteiger partial charge in [0.25, 0.3) is 5.91 Å². The van der Waals surface area contributed by atoms with Crippen molar-refractivity contribution in [2.45, 2.75) is 39.0 Å². The number of para-hydroxylation sites is 2. The van der Waals surface area contributed by atoms with Gasteiger partial charge >= 0.3 is 0 Å². The predicted molar refractivity (Wildman–Crippen MR) is 101 cm³/mol. The molecule has 1 saturated heterocycles. The van der Waals surface area contributed by atoms with Gasteiger partial charge in [-0.2, -0.15) is 5.10 Å². The normalized spacial score (nSPS) is 17.7. The first-order chi connectivity index (χ1) is 12.7. The minimum absolute atomic E-state index is 0.0397. The molecule has 1 fully saturated rings. The number of aromatic nitrogens is 4. The molecule has 2 aromatic heterocycles. The molecule has 0 spiro atoms. The molecule has 26 heavy (non-hydrogen) atoms.